The van der Waals surface area contributed by atoms with E-state index in [-0.39, 0.29) is 17.5 Å². The van der Waals surface area contributed by atoms with Crippen molar-refractivity contribution in [3.8, 4) is 0 Å². The zero-order valence-electron chi connectivity index (χ0n) is 10.4. The second-order valence-electron chi connectivity index (χ2n) is 3.58. The van der Waals surface area contributed by atoms with Gasteiger partial charge in [0.05, 0.1) is 12.2 Å². The van der Waals surface area contributed by atoms with Crippen molar-refractivity contribution in [3.63, 3.8) is 0 Å². The maximum Gasteiger partial charge on any atom is 0.341 e. The molecule has 2 aromatic rings. The number of thiophene rings is 1. The topological polar surface area (TPSA) is 81.2 Å². The summed E-state index contributed by atoms with van der Waals surface area (Å²) in [6.45, 7) is 1.98. The van der Waals surface area contributed by atoms with Crippen LogP contribution in [-0.4, -0.2) is 28.7 Å². The summed E-state index contributed by atoms with van der Waals surface area (Å²) in [5.74, 6) is -0.951. The third kappa shape index (κ3) is 3.31. The fourth-order valence-electron chi connectivity index (χ4n) is 1.38. The van der Waals surface area contributed by atoms with E-state index in [1.165, 1.54) is 23.5 Å². The molecule has 20 heavy (non-hydrogen) atoms. The minimum absolute atomic E-state index is 0.109. The third-order valence-corrected chi connectivity index (χ3v) is 3.28. The number of anilines is 1. The van der Waals surface area contributed by atoms with Gasteiger partial charge < -0.3 is 10.1 Å². The molecule has 1 N–H and O–H groups in total. The Morgan fingerprint density at radius 1 is 1.35 bits per heavy atom. The molecular formula is C12H10ClN3O3S. The van der Waals surface area contributed by atoms with Gasteiger partial charge in [-0.3, -0.25) is 4.79 Å². The summed E-state index contributed by atoms with van der Waals surface area (Å²) in [5, 5.41) is 12.1. The first-order valence-electron chi connectivity index (χ1n) is 5.67. The lowest BCUT2D eigenvalue weighted by atomic mass is 10.3. The van der Waals surface area contributed by atoms with Crippen molar-refractivity contribution in [1.29, 1.82) is 0 Å². The molecule has 0 bridgehead atoms. The van der Waals surface area contributed by atoms with E-state index < -0.39 is 11.9 Å². The van der Waals surface area contributed by atoms with E-state index in [0.29, 0.717) is 10.6 Å². The largest absolute Gasteiger partial charge is 0.462 e. The van der Waals surface area contributed by atoms with Crippen LogP contribution in [0.25, 0.3) is 0 Å². The van der Waals surface area contributed by atoms with Crippen molar-refractivity contribution in [2.45, 2.75) is 6.92 Å². The summed E-state index contributed by atoms with van der Waals surface area (Å²) in [5.41, 5.74) is 0.421. The Labute approximate surface area is 123 Å². The van der Waals surface area contributed by atoms with E-state index in [0.717, 1.165) is 0 Å². The SMILES string of the molecule is CCOC(=O)c1ccsc1NC(=O)c1ccc(Cl)nn1. The van der Waals surface area contributed by atoms with Crippen molar-refractivity contribution in [1.82, 2.24) is 10.2 Å². The maximum atomic E-state index is 12.0. The summed E-state index contributed by atoms with van der Waals surface area (Å²) in [4.78, 5) is 23.6. The van der Waals surface area contributed by atoms with Crippen LogP contribution in [0.5, 0.6) is 0 Å². The van der Waals surface area contributed by atoms with Crippen molar-refractivity contribution >= 4 is 39.8 Å². The molecule has 0 atom stereocenters. The Kier molecular flexibility index (Phi) is 4.65. The van der Waals surface area contributed by atoms with Gasteiger partial charge in [-0.2, -0.15) is 0 Å². The van der Waals surface area contributed by atoms with Crippen molar-refractivity contribution in [2.24, 2.45) is 0 Å². The average Bonchev–Trinajstić information content (AvgIpc) is 2.88. The second-order valence-corrected chi connectivity index (χ2v) is 4.88. The van der Waals surface area contributed by atoms with Gasteiger partial charge in [0.1, 0.15) is 5.00 Å². The molecule has 0 unspecified atom stereocenters. The van der Waals surface area contributed by atoms with Gasteiger partial charge in [0.2, 0.25) is 0 Å². The van der Waals surface area contributed by atoms with Crippen molar-refractivity contribution < 1.29 is 14.3 Å². The van der Waals surface area contributed by atoms with Gasteiger partial charge in [-0.05, 0) is 30.5 Å². The number of rotatable bonds is 4. The number of carbonyl (C=O) groups excluding carboxylic acids is 2. The average molecular weight is 312 g/mol. The Morgan fingerprint density at radius 2 is 2.15 bits per heavy atom. The number of esters is 1. The highest BCUT2D eigenvalue weighted by atomic mass is 35.5. The Bertz CT molecular complexity index is 627. The number of nitrogens with zero attached hydrogens (tertiary/aromatic N) is 2. The number of halogens is 1. The van der Waals surface area contributed by atoms with Crippen LogP contribution < -0.4 is 5.32 Å². The Hall–Kier alpha value is -1.99. The molecule has 0 fully saturated rings. The first-order chi connectivity index (χ1) is 9.61. The molecule has 0 spiro atoms. The van der Waals surface area contributed by atoms with Gasteiger partial charge in [0, 0.05) is 0 Å². The zero-order valence-corrected chi connectivity index (χ0v) is 12.0. The van der Waals surface area contributed by atoms with Crippen LogP contribution in [0.15, 0.2) is 23.6 Å². The number of hydrogen-bond donors (Lipinski definition) is 1. The Morgan fingerprint density at radius 3 is 2.80 bits per heavy atom. The molecular weight excluding hydrogens is 302 g/mol. The van der Waals surface area contributed by atoms with Gasteiger partial charge in [-0.25, -0.2) is 4.79 Å². The minimum atomic E-state index is -0.480. The van der Waals surface area contributed by atoms with Crippen LogP contribution in [0.3, 0.4) is 0 Å². The minimum Gasteiger partial charge on any atom is -0.462 e. The van der Waals surface area contributed by atoms with Crippen LogP contribution in [0.2, 0.25) is 5.15 Å². The number of ether oxygens (including phenoxy) is 1. The molecule has 0 radical (unpaired) electrons. The molecule has 1 amide bonds. The number of hydrogen-bond acceptors (Lipinski definition) is 6. The van der Waals surface area contributed by atoms with Crippen LogP contribution in [0.4, 0.5) is 5.00 Å². The number of amides is 1. The first-order valence-corrected chi connectivity index (χ1v) is 6.92. The predicted molar refractivity (Wildman–Crippen MR) is 75.3 cm³/mol. The van der Waals surface area contributed by atoms with Gasteiger partial charge in [0.15, 0.2) is 10.8 Å². The highest BCUT2D eigenvalue weighted by Gasteiger charge is 2.17. The maximum absolute atomic E-state index is 12.0. The fraction of sp³-hybridized carbons (Fsp3) is 0.167. The van der Waals surface area contributed by atoms with E-state index in [2.05, 4.69) is 15.5 Å². The zero-order chi connectivity index (χ0) is 14.5. The third-order valence-electron chi connectivity index (χ3n) is 2.25. The van der Waals surface area contributed by atoms with Gasteiger partial charge in [-0.1, -0.05) is 11.6 Å². The molecule has 6 nitrogen and oxygen atoms in total. The summed E-state index contributed by atoms with van der Waals surface area (Å²) < 4.78 is 4.90. The van der Waals surface area contributed by atoms with Crippen LogP contribution in [-0.2, 0) is 4.74 Å². The smallest absolute Gasteiger partial charge is 0.341 e. The van der Waals surface area contributed by atoms with Gasteiger partial charge in [0.25, 0.3) is 5.91 Å². The van der Waals surface area contributed by atoms with Gasteiger partial charge in [-0.15, -0.1) is 21.5 Å². The van der Waals surface area contributed by atoms with Crippen molar-refractivity contribution in [3.05, 3.63) is 40.0 Å². The molecule has 0 aliphatic heterocycles. The van der Waals surface area contributed by atoms with Crippen LogP contribution in [0.1, 0.15) is 27.8 Å². The summed E-state index contributed by atoms with van der Waals surface area (Å²) in [6, 6.07) is 4.50. The number of carbonyl (C=O) groups is 2. The number of nitrogens with one attached hydrogen (secondary N) is 1. The molecule has 0 saturated carbocycles. The normalized spacial score (nSPS) is 10.1. The molecule has 8 heteroatoms. The molecule has 0 aliphatic carbocycles. The molecule has 2 heterocycles. The molecule has 104 valence electrons. The standard InChI is InChI=1S/C12H10ClN3O3S/c1-2-19-12(18)7-5-6-20-11(7)14-10(17)8-3-4-9(13)16-15-8/h3-6H,2H2,1H3,(H,14,17). The van der Waals surface area contributed by atoms with E-state index in [9.17, 15) is 9.59 Å². The molecule has 2 aromatic heterocycles. The number of aromatic nitrogens is 2. The lowest BCUT2D eigenvalue weighted by Crippen LogP contribution is -2.16. The van der Waals surface area contributed by atoms with E-state index in [1.54, 1.807) is 18.4 Å². The van der Waals surface area contributed by atoms with Crippen LogP contribution in [0, 0.1) is 0 Å². The lowest BCUT2D eigenvalue weighted by Gasteiger charge is -2.05. The molecule has 2 rings (SSSR count). The monoisotopic (exact) mass is 311 g/mol. The summed E-state index contributed by atoms with van der Waals surface area (Å²) >= 11 is 6.82. The lowest BCUT2D eigenvalue weighted by molar-refractivity contribution is 0.0528. The second kappa shape index (κ2) is 6.44. The highest BCUT2D eigenvalue weighted by molar-refractivity contribution is 7.14. The molecule has 0 aliphatic rings. The van der Waals surface area contributed by atoms with Crippen molar-refractivity contribution in [2.75, 3.05) is 11.9 Å². The van der Waals surface area contributed by atoms with E-state index in [1.807, 2.05) is 0 Å². The summed E-state index contributed by atoms with van der Waals surface area (Å²) in [7, 11) is 0. The molecule has 0 saturated heterocycles. The molecule has 0 aromatic carbocycles. The quantitative estimate of drug-likeness (QED) is 0.878. The fourth-order valence-corrected chi connectivity index (χ4v) is 2.25. The predicted octanol–water partition coefficient (Wildman–Crippen LogP) is 2.62. The van der Waals surface area contributed by atoms with E-state index >= 15 is 0 Å². The van der Waals surface area contributed by atoms with Gasteiger partial charge >= 0.3 is 5.97 Å². The highest BCUT2D eigenvalue weighted by Crippen LogP contribution is 2.24. The first kappa shape index (κ1) is 14.4. The van der Waals surface area contributed by atoms with Crippen LogP contribution >= 0.6 is 22.9 Å². The van der Waals surface area contributed by atoms with E-state index in [4.69, 9.17) is 16.3 Å². The Balaban J connectivity index is 2.14. The summed E-state index contributed by atoms with van der Waals surface area (Å²) in [6.07, 6.45) is 0.